The molecule has 0 fully saturated rings. The molecule has 0 saturated heterocycles. The number of aromatic nitrogens is 1. The van der Waals surface area contributed by atoms with E-state index in [4.69, 9.17) is 5.73 Å². The molecule has 34 heavy (non-hydrogen) atoms. The van der Waals surface area contributed by atoms with Gasteiger partial charge in [0.1, 0.15) is 0 Å². The largest absolute Gasteiger partial charge is 0.398 e. The number of hydrogen-bond donors (Lipinski definition) is 1. The summed E-state index contributed by atoms with van der Waals surface area (Å²) >= 11 is 0. The van der Waals surface area contributed by atoms with Crippen LogP contribution in [0.2, 0.25) is 0 Å². The Labute approximate surface area is 206 Å². The molecular formula is C28H45N5O. The summed E-state index contributed by atoms with van der Waals surface area (Å²) in [6, 6.07) is 1.93. The first-order valence-electron chi connectivity index (χ1n) is 12.1. The van der Waals surface area contributed by atoms with E-state index in [-0.39, 0.29) is 33.1 Å². The van der Waals surface area contributed by atoms with Crippen LogP contribution in [0.1, 0.15) is 94.3 Å². The third-order valence-corrected chi connectivity index (χ3v) is 6.13. The van der Waals surface area contributed by atoms with Crippen molar-refractivity contribution in [3.05, 3.63) is 39.5 Å². The number of aliphatic imine (C=N–C) groups is 1. The minimum absolute atomic E-state index is 0.0161. The molecule has 0 saturated carbocycles. The lowest BCUT2D eigenvalue weighted by molar-refractivity contribution is 0.516. The summed E-state index contributed by atoms with van der Waals surface area (Å²) < 4.78 is 1.72. The number of allylic oxidation sites excluding steroid dienone is 1. The number of hydrogen-bond acceptors (Lipinski definition) is 5. The van der Waals surface area contributed by atoms with Gasteiger partial charge in [-0.3, -0.25) is 9.79 Å². The van der Waals surface area contributed by atoms with Crippen molar-refractivity contribution in [2.75, 3.05) is 5.73 Å². The van der Waals surface area contributed by atoms with Crippen molar-refractivity contribution in [1.82, 2.24) is 4.57 Å². The Hall–Kier alpha value is -2.50. The third kappa shape index (κ3) is 5.76. The molecule has 1 aromatic rings. The van der Waals surface area contributed by atoms with Gasteiger partial charge in [-0.15, -0.1) is 0 Å². The van der Waals surface area contributed by atoms with E-state index in [1.54, 1.807) is 4.57 Å². The summed E-state index contributed by atoms with van der Waals surface area (Å²) in [6.07, 6.45) is 3.89. The Kier molecular flexibility index (Phi) is 7.29. The molecule has 6 nitrogen and oxygen atoms in total. The summed E-state index contributed by atoms with van der Waals surface area (Å²) in [5, 5.41) is 8.40. The Bertz CT molecular complexity index is 1120. The van der Waals surface area contributed by atoms with Gasteiger partial charge in [-0.2, -0.15) is 10.2 Å². The zero-order valence-electron chi connectivity index (χ0n) is 23.6. The van der Waals surface area contributed by atoms with E-state index in [1.807, 2.05) is 46.3 Å². The lowest BCUT2D eigenvalue weighted by Crippen LogP contribution is -2.38. The highest BCUT2D eigenvalue weighted by Crippen LogP contribution is 2.36. The number of anilines is 1. The van der Waals surface area contributed by atoms with E-state index in [0.717, 1.165) is 17.1 Å². The molecule has 0 bridgehead atoms. The van der Waals surface area contributed by atoms with Crippen LogP contribution in [-0.2, 0) is 17.9 Å². The van der Waals surface area contributed by atoms with Gasteiger partial charge >= 0.3 is 0 Å². The highest BCUT2D eigenvalue weighted by Gasteiger charge is 2.38. The van der Waals surface area contributed by atoms with Gasteiger partial charge in [0.25, 0.3) is 5.56 Å². The molecule has 3 heterocycles. The molecule has 188 valence electrons. The fourth-order valence-electron chi connectivity index (χ4n) is 4.43. The quantitative estimate of drug-likeness (QED) is 0.504. The summed E-state index contributed by atoms with van der Waals surface area (Å²) in [5.41, 5.74) is 11.6. The van der Waals surface area contributed by atoms with E-state index in [1.165, 1.54) is 5.57 Å². The number of rotatable bonds is 0. The van der Waals surface area contributed by atoms with Crippen molar-refractivity contribution in [1.29, 1.82) is 0 Å². The normalized spacial score (nSPS) is 18.5. The molecule has 1 aromatic heterocycles. The molecule has 0 aromatic carbocycles. The second-order valence-electron chi connectivity index (χ2n) is 13.5. The van der Waals surface area contributed by atoms with Crippen LogP contribution >= 0.6 is 0 Å². The van der Waals surface area contributed by atoms with E-state index >= 15 is 0 Å². The molecule has 1 atom stereocenters. The van der Waals surface area contributed by atoms with Crippen molar-refractivity contribution in [3.63, 3.8) is 0 Å². The molecule has 0 spiro atoms. The number of nitrogen functional groups attached to an aromatic ring is 1. The van der Waals surface area contributed by atoms with Crippen LogP contribution in [0, 0.1) is 16.7 Å². The van der Waals surface area contributed by atoms with E-state index in [9.17, 15) is 4.79 Å². The van der Waals surface area contributed by atoms with Gasteiger partial charge in [0.15, 0.2) is 0 Å². The molecule has 2 aliphatic heterocycles. The maximum atomic E-state index is 12.4. The standard InChI is InChI=1S/C14H21N3.C14H24N2O/c1-13(2,3)10-8-15-12(14(4,5)6)9-7-16-17-11(9)10;1-13(2,3)10-8-9(15)11(14(4,5)6)12(17)16(10)7/h7-9H,1-6H3;8H,15H2,1-7H3. The first kappa shape index (κ1) is 27.7. The number of nitrogens with two attached hydrogens (primary N) is 1. The zero-order valence-corrected chi connectivity index (χ0v) is 23.6. The van der Waals surface area contributed by atoms with Gasteiger partial charge in [-0.05, 0) is 16.9 Å². The van der Waals surface area contributed by atoms with Gasteiger partial charge in [0, 0.05) is 58.5 Å². The Morgan fingerprint density at radius 3 is 1.85 bits per heavy atom. The van der Waals surface area contributed by atoms with E-state index in [0.29, 0.717) is 11.3 Å². The molecule has 0 aliphatic carbocycles. The van der Waals surface area contributed by atoms with E-state index in [2.05, 4.69) is 77.5 Å². The molecule has 0 radical (unpaired) electrons. The summed E-state index contributed by atoms with van der Waals surface area (Å²) in [5.74, 6) is 0.175. The lowest BCUT2D eigenvalue weighted by Gasteiger charge is -2.32. The Balaban J connectivity index is 0.000000240. The van der Waals surface area contributed by atoms with Crippen LogP contribution in [0.5, 0.6) is 0 Å². The van der Waals surface area contributed by atoms with Crippen molar-refractivity contribution < 1.29 is 0 Å². The fourth-order valence-corrected chi connectivity index (χ4v) is 4.43. The first-order chi connectivity index (χ1) is 15.2. The predicted molar refractivity (Wildman–Crippen MR) is 147 cm³/mol. The molecule has 6 heteroatoms. The topological polar surface area (TPSA) is 85.1 Å². The van der Waals surface area contributed by atoms with Gasteiger partial charge in [-0.1, -0.05) is 83.1 Å². The lowest BCUT2D eigenvalue weighted by atomic mass is 9.73. The van der Waals surface area contributed by atoms with Gasteiger partial charge < -0.3 is 10.3 Å². The van der Waals surface area contributed by atoms with Crippen molar-refractivity contribution >= 4 is 23.3 Å². The van der Waals surface area contributed by atoms with Gasteiger partial charge in [0.05, 0.1) is 11.6 Å². The Morgan fingerprint density at radius 1 is 0.853 bits per heavy atom. The third-order valence-electron chi connectivity index (χ3n) is 6.13. The molecule has 0 amide bonds. The zero-order chi connectivity index (χ0) is 26.4. The predicted octanol–water partition coefficient (Wildman–Crippen LogP) is 6.04. The SMILES string of the molecule is CC(C)(C)C1=CN=C(C(C)(C)C)C2C=NN=C12.Cn1c(C(C)(C)C)cc(N)c(C(C)(C)C)c1=O. The van der Waals surface area contributed by atoms with Crippen LogP contribution in [0.25, 0.3) is 0 Å². The van der Waals surface area contributed by atoms with Crippen molar-refractivity contribution in [3.8, 4) is 0 Å². The van der Waals surface area contributed by atoms with Gasteiger partial charge in [0.2, 0.25) is 0 Å². The molecular weight excluding hydrogens is 422 g/mol. The van der Waals surface area contributed by atoms with E-state index < -0.39 is 0 Å². The van der Waals surface area contributed by atoms with Crippen LogP contribution in [0.15, 0.2) is 37.8 Å². The fraction of sp³-hybridized carbons (Fsp3) is 0.643. The van der Waals surface area contributed by atoms with Crippen LogP contribution in [0.3, 0.4) is 0 Å². The second kappa shape index (κ2) is 8.94. The van der Waals surface area contributed by atoms with Gasteiger partial charge in [-0.25, -0.2) is 0 Å². The maximum absolute atomic E-state index is 12.4. The molecule has 3 rings (SSSR count). The average Bonchev–Trinajstić information content (AvgIpc) is 3.10. The highest BCUT2D eigenvalue weighted by molar-refractivity contribution is 6.28. The second-order valence-corrected chi connectivity index (χ2v) is 13.5. The van der Waals surface area contributed by atoms with Crippen molar-refractivity contribution in [2.45, 2.75) is 93.9 Å². The summed E-state index contributed by atoms with van der Waals surface area (Å²) in [6.45, 7) is 25.4. The first-order valence-corrected chi connectivity index (χ1v) is 12.1. The Morgan fingerprint density at radius 2 is 1.41 bits per heavy atom. The molecule has 2 aliphatic rings. The summed E-state index contributed by atoms with van der Waals surface area (Å²) in [4.78, 5) is 17.1. The van der Waals surface area contributed by atoms with Crippen LogP contribution < -0.4 is 11.3 Å². The number of pyridine rings is 1. The smallest absolute Gasteiger partial charge is 0.256 e. The van der Waals surface area contributed by atoms with Crippen LogP contribution in [0.4, 0.5) is 5.69 Å². The maximum Gasteiger partial charge on any atom is 0.256 e. The average molecular weight is 468 g/mol. The van der Waals surface area contributed by atoms with Crippen LogP contribution in [-0.4, -0.2) is 22.2 Å². The van der Waals surface area contributed by atoms with Crippen molar-refractivity contribution in [2.24, 2.45) is 39.0 Å². The highest BCUT2D eigenvalue weighted by atomic mass is 16.1. The number of nitrogens with zero attached hydrogens (tertiary/aromatic N) is 4. The minimum atomic E-state index is -0.227. The summed E-state index contributed by atoms with van der Waals surface area (Å²) in [7, 11) is 1.82. The molecule has 1 unspecified atom stereocenters. The number of fused-ring (bicyclic) bond motifs is 1. The monoisotopic (exact) mass is 467 g/mol. The molecule has 2 N–H and O–H groups in total. The minimum Gasteiger partial charge on any atom is -0.398 e.